The minimum absolute atomic E-state index is 0.101. The number of nitrogens with one attached hydrogen (secondary N) is 1. The third kappa shape index (κ3) is 5.03. The van der Waals surface area contributed by atoms with Crippen molar-refractivity contribution in [3.05, 3.63) is 86.3 Å². The molecule has 2 N–H and O–H groups in total. The van der Waals surface area contributed by atoms with Gasteiger partial charge in [-0.25, -0.2) is 4.21 Å². The Bertz CT molecular complexity index is 1590. The number of hydrogen-bond acceptors (Lipinski definition) is 4. The van der Waals surface area contributed by atoms with Gasteiger partial charge in [-0.05, 0) is 88.3 Å². The maximum atomic E-state index is 13.0. The lowest BCUT2D eigenvalue weighted by atomic mass is 10.00. The average Bonchev–Trinajstić information content (AvgIpc) is 3.67. The molecule has 37 heavy (non-hydrogen) atoms. The third-order valence-corrected chi connectivity index (χ3v) is 8.00. The second-order valence-electron chi connectivity index (χ2n) is 8.77. The lowest BCUT2D eigenvalue weighted by Crippen LogP contribution is -2.25. The summed E-state index contributed by atoms with van der Waals surface area (Å²) in [6.45, 7) is 0.101. The van der Waals surface area contributed by atoms with Crippen LogP contribution in [-0.2, 0) is 17.8 Å². The van der Waals surface area contributed by atoms with Gasteiger partial charge in [0, 0.05) is 33.6 Å². The van der Waals surface area contributed by atoms with E-state index in [-0.39, 0.29) is 18.4 Å². The predicted molar refractivity (Wildman–Crippen MR) is 148 cm³/mol. The van der Waals surface area contributed by atoms with E-state index in [1.54, 1.807) is 55.6 Å². The van der Waals surface area contributed by atoms with Crippen molar-refractivity contribution in [1.29, 1.82) is 5.26 Å². The van der Waals surface area contributed by atoms with E-state index in [2.05, 4.69) is 27.3 Å². The van der Waals surface area contributed by atoms with Crippen LogP contribution in [0, 0.1) is 11.3 Å². The Kier molecular flexibility index (Phi) is 7.10. The average molecular weight is 599 g/mol. The molecule has 1 amide bonds. The molecule has 0 saturated heterocycles. The normalized spacial score (nSPS) is 13.8. The first-order chi connectivity index (χ1) is 17.8. The fourth-order valence-corrected chi connectivity index (χ4v) is 5.44. The molecule has 0 radical (unpaired) electrons. The molecule has 188 valence electrons. The van der Waals surface area contributed by atoms with Crippen LogP contribution in [0.2, 0.25) is 5.02 Å². The molecule has 1 saturated carbocycles. The summed E-state index contributed by atoms with van der Waals surface area (Å²) in [5, 5.41) is 13.3. The fourth-order valence-electron chi connectivity index (χ4n) is 4.39. The summed E-state index contributed by atoms with van der Waals surface area (Å²) in [5.74, 6) is 0.310. The van der Waals surface area contributed by atoms with Crippen LogP contribution in [0.1, 0.15) is 45.8 Å². The van der Waals surface area contributed by atoms with Gasteiger partial charge in [0.1, 0.15) is 17.4 Å². The Morgan fingerprint density at radius 1 is 1.24 bits per heavy atom. The van der Waals surface area contributed by atoms with Crippen LogP contribution in [0.5, 0.6) is 0 Å². The lowest BCUT2D eigenvalue weighted by Gasteiger charge is -2.23. The van der Waals surface area contributed by atoms with Crippen LogP contribution in [0.25, 0.3) is 22.3 Å². The fraction of sp³-hybridized carbons (Fsp3) is 0.185. The summed E-state index contributed by atoms with van der Waals surface area (Å²) in [6.07, 6.45) is 1.89. The number of nitriles is 1. The molecule has 1 fully saturated rings. The second kappa shape index (κ2) is 10.3. The number of benzene rings is 3. The van der Waals surface area contributed by atoms with Crippen LogP contribution < -0.4 is 9.62 Å². The Balaban J connectivity index is 1.68. The van der Waals surface area contributed by atoms with E-state index >= 15 is 0 Å². The number of nitrogens with zero attached hydrogens (tertiary/aromatic N) is 2. The molecule has 1 aromatic heterocycles. The molecule has 0 bridgehead atoms. The smallest absolute Gasteiger partial charge is 0.262 e. The number of anilines is 1. The molecule has 5 rings (SSSR count). The van der Waals surface area contributed by atoms with Crippen molar-refractivity contribution < 1.29 is 18.0 Å². The van der Waals surface area contributed by atoms with Gasteiger partial charge in [-0.15, -0.1) is 0 Å². The van der Waals surface area contributed by atoms with Gasteiger partial charge in [0.05, 0.1) is 23.4 Å². The quantitative estimate of drug-likeness (QED) is 0.228. The number of halogens is 2. The van der Waals surface area contributed by atoms with E-state index in [1.807, 2.05) is 6.07 Å². The van der Waals surface area contributed by atoms with Crippen LogP contribution in [0.3, 0.4) is 0 Å². The molecule has 1 aliphatic carbocycles. The molecule has 1 heterocycles. The Morgan fingerprint density at radius 3 is 2.59 bits per heavy atom. The first kappa shape index (κ1) is 25.5. The molecule has 3 aromatic carbocycles. The number of hydrogen-bond donors (Lipinski definition) is 2. The molecule has 0 aliphatic heterocycles. The maximum Gasteiger partial charge on any atom is 0.262 e. The second-order valence-corrected chi connectivity index (χ2v) is 11.0. The first-order valence-corrected chi connectivity index (χ1v) is 13.7. The van der Waals surface area contributed by atoms with Gasteiger partial charge >= 0.3 is 0 Å². The van der Waals surface area contributed by atoms with Crippen molar-refractivity contribution in [2.24, 2.45) is 0 Å². The molecule has 1 atom stereocenters. The zero-order valence-electron chi connectivity index (χ0n) is 19.6. The zero-order chi connectivity index (χ0) is 26.3. The van der Waals surface area contributed by atoms with Crippen molar-refractivity contribution in [2.75, 3.05) is 11.4 Å². The van der Waals surface area contributed by atoms with E-state index in [4.69, 9.17) is 16.0 Å². The van der Waals surface area contributed by atoms with Crippen molar-refractivity contribution >= 4 is 61.4 Å². The SMILES string of the molecule is CNC(=O)c1c(-c2ccc(Cl)cc2)oc2cc(N(Cc3ccc(Br)c(C#N)c3)S(=O)O)c(C3CC3)cc12. The molecule has 0 spiro atoms. The van der Waals surface area contributed by atoms with Crippen LogP contribution >= 0.6 is 27.5 Å². The number of carbonyl (C=O) groups excluding carboxylic acids is 1. The Morgan fingerprint density at radius 2 is 1.97 bits per heavy atom. The van der Waals surface area contributed by atoms with Crippen LogP contribution in [0.15, 0.2) is 63.5 Å². The van der Waals surface area contributed by atoms with Crippen LogP contribution in [-0.4, -0.2) is 21.7 Å². The zero-order valence-corrected chi connectivity index (χ0v) is 22.8. The molecule has 7 nitrogen and oxygen atoms in total. The van der Waals surface area contributed by atoms with Gasteiger partial charge in [-0.1, -0.05) is 17.7 Å². The third-order valence-electron chi connectivity index (χ3n) is 6.35. The topological polar surface area (TPSA) is 107 Å². The summed E-state index contributed by atoms with van der Waals surface area (Å²) in [5.41, 5.74) is 4.08. The van der Waals surface area contributed by atoms with Crippen molar-refractivity contribution in [2.45, 2.75) is 25.3 Å². The standard InChI is InChI=1S/C27H21BrClN3O4S/c1-31-27(33)25-21-11-20(16-3-4-16)23(12-24(21)36-26(25)17-5-7-19(29)8-6-17)32(37(34)35)14-15-2-9-22(28)18(10-15)13-30/h2,5-12,16H,3-4,14H2,1H3,(H,31,33)(H,34,35). The molecule has 1 aliphatic rings. The minimum atomic E-state index is -2.36. The molecule has 4 aromatic rings. The van der Waals surface area contributed by atoms with E-state index in [9.17, 15) is 18.8 Å². The van der Waals surface area contributed by atoms with Crippen LogP contribution in [0.4, 0.5) is 5.69 Å². The molecular formula is C27H21BrClN3O4S. The van der Waals surface area contributed by atoms with Gasteiger partial charge < -0.3 is 9.73 Å². The number of rotatable bonds is 7. The Hall–Kier alpha value is -3.16. The first-order valence-electron chi connectivity index (χ1n) is 11.5. The van der Waals surface area contributed by atoms with E-state index < -0.39 is 11.3 Å². The van der Waals surface area contributed by atoms with E-state index in [1.165, 1.54) is 4.31 Å². The summed E-state index contributed by atoms with van der Waals surface area (Å²) in [6, 6.07) is 18.0. The molecular weight excluding hydrogens is 578 g/mol. The van der Waals surface area contributed by atoms with Gasteiger partial charge in [0.15, 0.2) is 0 Å². The molecule has 1 unspecified atom stereocenters. The summed E-state index contributed by atoms with van der Waals surface area (Å²) in [7, 11) is 1.56. The largest absolute Gasteiger partial charge is 0.455 e. The highest BCUT2D eigenvalue weighted by atomic mass is 79.9. The highest BCUT2D eigenvalue weighted by molar-refractivity contribution is 9.10. The van der Waals surface area contributed by atoms with Gasteiger partial charge in [-0.3, -0.25) is 13.7 Å². The highest BCUT2D eigenvalue weighted by Gasteiger charge is 2.32. The minimum Gasteiger partial charge on any atom is -0.455 e. The van der Waals surface area contributed by atoms with E-state index in [0.29, 0.717) is 54.2 Å². The lowest BCUT2D eigenvalue weighted by molar-refractivity contribution is 0.0964. The number of furan rings is 1. The van der Waals surface area contributed by atoms with Gasteiger partial charge in [-0.2, -0.15) is 5.26 Å². The molecule has 10 heteroatoms. The maximum absolute atomic E-state index is 13.0. The number of fused-ring (bicyclic) bond motifs is 1. The predicted octanol–water partition coefficient (Wildman–Crippen LogP) is 6.77. The monoisotopic (exact) mass is 597 g/mol. The summed E-state index contributed by atoms with van der Waals surface area (Å²) < 4.78 is 31.2. The van der Waals surface area contributed by atoms with Gasteiger partial charge in [0.25, 0.3) is 17.2 Å². The van der Waals surface area contributed by atoms with Crippen molar-refractivity contribution in [3.63, 3.8) is 0 Å². The number of carbonyl (C=O) groups is 1. The summed E-state index contributed by atoms with van der Waals surface area (Å²) in [4.78, 5) is 13.0. The van der Waals surface area contributed by atoms with E-state index in [0.717, 1.165) is 18.4 Å². The highest BCUT2D eigenvalue weighted by Crippen LogP contribution is 2.48. The van der Waals surface area contributed by atoms with Crippen molar-refractivity contribution in [1.82, 2.24) is 5.32 Å². The van der Waals surface area contributed by atoms with Gasteiger partial charge in [0.2, 0.25) is 0 Å². The summed E-state index contributed by atoms with van der Waals surface area (Å²) >= 11 is 7.05. The van der Waals surface area contributed by atoms with Crippen molar-refractivity contribution in [3.8, 4) is 17.4 Å². The number of amides is 1. The Labute approximate surface area is 229 Å².